The molecule has 1 aromatic carbocycles. The summed E-state index contributed by atoms with van der Waals surface area (Å²) in [6, 6.07) is 8.35. The average Bonchev–Trinajstić information content (AvgIpc) is 2.30. The van der Waals surface area contributed by atoms with Gasteiger partial charge < -0.3 is 4.79 Å². The number of benzene rings is 1. The van der Waals surface area contributed by atoms with Crippen molar-refractivity contribution in [2.75, 3.05) is 13.1 Å². The highest BCUT2D eigenvalue weighted by atomic mass is 16.1. The summed E-state index contributed by atoms with van der Waals surface area (Å²) in [6.07, 6.45) is 3.87. The lowest BCUT2D eigenvalue weighted by Gasteiger charge is -2.21. The summed E-state index contributed by atoms with van der Waals surface area (Å²) < 4.78 is 0. The van der Waals surface area contributed by atoms with Crippen LogP contribution in [0.15, 0.2) is 24.3 Å². The topological polar surface area (TPSA) is 20.3 Å². The van der Waals surface area contributed by atoms with Crippen molar-refractivity contribution < 1.29 is 4.79 Å². The number of nitrogens with zero attached hydrogens (tertiary/aromatic N) is 1. The van der Waals surface area contributed by atoms with Crippen LogP contribution in [-0.4, -0.2) is 24.3 Å². The summed E-state index contributed by atoms with van der Waals surface area (Å²) in [5.41, 5.74) is 2.43. The first-order chi connectivity index (χ1) is 8.30. The zero-order chi connectivity index (χ0) is 12.5. The number of hydrogen-bond acceptors (Lipinski definition) is 2. The quantitative estimate of drug-likeness (QED) is 0.643. The zero-order valence-corrected chi connectivity index (χ0v) is 11.0. The van der Waals surface area contributed by atoms with E-state index in [4.69, 9.17) is 0 Å². The third kappa shape index (κ3) is 5.14. The number of aldehydes is 1. The molecule has 0 atom stereocenters. The van der Waals surface area contributed by atoms with Gasteiger partial charge in [-0.25, -0.2) is 0 Å². The maximum absolute atomic E-state index is 10.5. The minimum absolute atomic E-state index is 0.523. The Hall–Kier alpha value is -1.15. The number of carbonyl (C=O) groups excluding carboxylic acids is 1. The highest BCUT2D eigenvalue weighted by molar-refractivity contribution is 5.55. The Bertz CT molecular complexity index is 329. The van der Waals surface area contributed by atoms with Crippen molar-refractivity contribution in [2.24, 2.45) is 0 Å². The van der Waals surface area contributed by atoms with Gasteiger partial charge in [-0.1, -0.05) is 38.1 Å². The molecule has 1 aromatic rings. The first-order valence-corrected chi connectivity index (χ1v) is 6.54. The second kappa shape index (κ2) is 8.02. The highest BCUT2D eigenvalue weighted by Crippen LogP contribution is 2.09. The van der Waals surface area contributed by atoms with Crippen LogP contribution in [-0.2, 0) is 17.8 Å². The van der Waals surface area contributed by atoms with Crippen molar-refractivity contribution in [3.05, 3.63) is 35.4 Å². The van der Waals surface area contributed by atoms with Gasteiger partial charge in [0.15, 0.2) is 0 Å². The maximum Gasteiger partial charge on any atom is 0.124 e. The average molecular weight is 233 g/mol. The van der Waals surface area contributed by atoms with Gasteiger partial charge in [0, 0.05) is 13.0 Å². The zero-order valence-electron chi connectivity index (χ0n) is 11.0. The molecule has 0 bridgehead atoms. The number of carbonyl (C=O) groups is 1. The lowest BCUT2D eigenvalue weighted by atomic mass is 10.1. The molecule has 0 radical (unpaired) electrons. The Morgan fingerprint density at radius 2 is 1.76 bits per heavy atom. The Labute approximate surface area is 105 Å². The third-order valence-corrected chi connectivity index (χ3v) is 2.80. The van der Waals surface area contributed by atoms with Crippen LogP contribution in [0, 0.1) is 0 Å². The highest BCUT2D eigenvalue weighted by Gasteiger charge is 2.04. The summed E-state index contributed by atoms with van der Waals surface area (Å²) in [7, 11) is 0. The summed E-state index contributed by atoms with van der Waals surface area (Å²) in [5, 5.41) is 0. The number of rotatable bonds is 8. The molecule has 0 aliphatic carbocycles. The molecule has 0 saturated heterocycles. The van der Waals surface area contributed by atoms with Gasteiger partial charge in [-0.2, -0.15) is 0 Å². The van der Waals surface area contributed by atoms with Crippen LogP contribution in [0.2, 0.25) is 0 Å². The molecule has 0 N–H and O–H groups in total. The molecule has 0 saturated carbocycles. The normalized spacial score (nSPS) is 10.8. The van der Waals surface area contributed by atoms with Crippen molar-refractivity contribution in [1.82, 2.24) is 4.90 Å². The number of hydrogen-bond donors (Lipinski definition) is 0. The molecule has 0 unspecified atom stereocenters. The lowest BCUT2D eigenvalue weighted by molar-refractivity contribution is -0.107. The molecule has 0 aromatic heterocycles. The van der Waals surface area contributed by atoms with E-state index in [0.717, 1.165) is 31.5 Å². The smallest absolute Gasteiger partial charge is 0.124 e. The van der Waals surface area contributed by atoms with Crippen LogP contribution in [0.3, 0.4) is 0 Å². The molecule has 94 valence electrons. The van der Waals surface area contributed by atoms with Crippen molar-refractivity contribution >= 4 is 6.29 Å². The van der Waals surface area contributed by atoms with Gasteiger partial charge in [0.1, 0.15) is 6.29 Å². The predicted molar refractivity (Wildman–Crippen MR) is 72.1 cm³/mol. The Morgan fingerprint density at radius 1 is 1.12 bits per heavy atom. The maximum atomic E-state index is 10.5. The minimum Gasteiger partial charge on any atom is -0.303 e. The fraction of sp³-hybridized carbons (Fsp3) is 0.533. The van der Waals surface area contributed by atoms with Gasteiger partial charge >= 0.3 is 0 Å². The van der Waals surface area contributed by atoms with Gasteiger partial charge in [-0.15, -0.1) is 0 Å². The molecular formula is C15H23NO. The van der Waals surface area contributed by atoms with Gasteiger partial charge in [0.25, 0.3) is 0 Å². The third-order valence-electron chi connectivity index (χ3n) is 2.80. The van der Waals surface area contributed by atoms with Crippen molar-refractivity contribution in [3.8, 4) is 0 Å². The summed E-state index contributed by atoms with van der Waals surface area (Å²) in [4.78, 5) is 13.0. The van der Waals surface area contributed by atoms with E-state index < -0.39 is 0 Å². The van der Waals surface area contributed by atoms with E-state index in [2.05, 4.69) is 30.9 Å². The van der Waals surface area contributed by atoms with E-state index in [9.17, 15) is 4.79 Å². The Kier molecular flexibility index (Phi) is 6.56. The van der Waals surface area contributed by atoms with Gasteiger partial charge in [0.2, 0.25) is 0 Å². The second-order valence-corrected chi connectivity index (χ2v) is 4.47. The molecule has 2 nitrogen and oxygen atoms in total. The molecule has 1 rings (SSSR count). The van der Waals surface area contributed by atoms with Crippen LogP contribution >= 0.6 is 0 Å². The van der Waals surface area contributed by atoms with Crippen LogP contribution in [0.4, 0.5) is 0 Å². The molecule has 0 amide bonds. The summed E-state index contributed by atoms with van der Waals surface area (Å²) >= 11 is 0. The van der Waals surface area contributed by atoms with Crippen LogP contribution in [0.1, 0.15) is 37.8 Å². The second-order valence-electron chi connectivity index (χ2n) is 4.47. The van der Waals surface area contributed by atoms with Crippen molar-refractivity contribution in [1.29, 1.82) is 0 Å². The Balaban J connectivity index is 2.63. The van der Waals surface area contributed by atoms with Crippen molar-refractivity contribution in [3.63, 3.8) is 0 Å². The Morgan fingerprint density at radius 3 is 2.35 bits per heavy atom. The van der Waals surface area contributed by atoms with Gasteiger partial charge in [-0.3, -0.25) is 4.90 Å². The van der Waals surface area contributed by atoms with E-state index in [1.807, 2.05) is 12.1 Å². The fourth-order valence-electron chi connectivity index (χ4n) is 2.11. The largest absolute Gasteiger partial charge is 0.303 e. The summed E-state index contributed by atoms with van der Waals surface area (Å²) in [5.74, 6) is 0. The van der Waals surface area contributed by atoms with E-state index in [-0.39, 0.29) is 0 Å². The predicted octanol–water partition coefficient (Wildman–Crippen LogP) is 3.05. The van der Waals surface area contributed by atoms with Crippen molar-refractivity contribution in [2.45, 2.75) is 39.7 Å². The first-order valence-electron chi connectivity index (χ1n) is 6.54. The van der Waals surface area contributed by atoms with Crippen LogP contribution in [0.25, 0.3) is 0 Å². The van der Waals surface area contributed by atoms with Crippen LogP contribution < -0.4 is 0 Å². The molecule has 0 aliphatic rings. The fourth-order valence-corrected chi connectivity index (χ4v) is 2.11. The van der Waals surface area contributed by atoms with E-state index in [1.165, 1.54) is 18.4 Å². The monoisotopic (exact) mass is 233 g/mol. The van der Waals surface area contributed by atoms with E-state index in [1.54, 1.807) is 0 Å². The summed E-state index contributed by atoms with van der Waals surface area (Å²) in [6.45, 7) is 7.71. The van der Waals surface area contributed by atoms with Gasteiger partial charge in [0.05, 0.1) is 0 Å². The standard InChI is InChI=1S/C15H23NO/c1-3-9-16(10-4-2)13-15-7-5-6-14(12-15)8-11-17/h5-7,11-12H,3-4,8-10,13H2,1-2H3. The minimum atomic E-state index is 0.523. The molecular weight excluding hydrogens is 210 g/mol. The lowest BCUT2D eigenvalue weighted by Crippen LogP contribution is -2.24. The van der Waals surface area contributed by atoms with E-state index >= 15 is 0 Å². The molecule has 0 fully saturated rings. The molecule has 17 heavy (non-hydrogen) atoms. The molecule has 0 heterocycles. The van der Waals surface area contributed by atoms with Crippen LogP contribution in [0.5, 0.6) is 0 Å². The molecule has 0 spiro atoms. The first kappa shape index (κ1) is 13.9. The molecule has 2 heteroatoms. The SMILES string of the molecule is CCCN(CCC)Cc1cccc(CC=O)c1. The van der Waals surface area contributed by atoms with Gasteiger partial charge in [-0.05, 0) is 37.1 Å². The molecule has 0 aliphatic heterocycles. The van der Waals surface area contributed by atoms with E-state index in [0.29, 0.717) is 6.42 Å².